The van der Waals surface area contributed by atoms with E-state index in [1.807, 2.05) is 0 Å². The molecule has 0 aliphatic carbocycles. The van der Waals surface area contributed by atoms with Gasteiger partial charge in [-0.25, -0.2) is 0 Å². The SMILES string of the molecule is C1=C[C@@H](c2ccccc2)N2C[C@]23CCNC[C@@H]13. The fourth-order valence-corrected chi connectivity index (χ4v) is 3.66. The molecular weight excluding hydrogens is 208 g/mol. The van der Waals surface area contributed by atoms with Crippen molar-refractivity contribution in [3.63, 3.8) is 0 Å². The second kappa shape index (κ2) is 3.44. The van der Waals surface area contributed by atoms with E-state index < -0.39 is 0 Å². The van der Waals surface area contributed by atoms with Gasteiger partial charge in [0.25, 0.3) is 0 Å². The summed E-state index contributed by atoms with van der Waals surface area (Å²) in [5, 5.41) is 3.51. The van der Waals surface area contributed by atoms with E-state index >= 15 is 0 Å². The third-order valence-electron chi connectivity index (χ3n) is 4.70. The van der Waals surface area contributed by atoms with Crippen LogP contribution in [0.2, 0.25) is 0 Å². The Labute approximate surface area is 102 Å². The molecule has 88 valence electrons. The van der Waals surface area contributed by atoms with Gasteiger partial charge in [-0.05, 0) is 18.5 Å². The number of nitrogens with one attached hydrogen (secondary N) is 1. The molecular formula is C15H18N2. The van der Waals surface area contributed by atoms with E-state index in [-0.39, 0.29) is 0 Å². The summed E-state index contributed by atoms with van der Waals surface area (Å²) in [5.74, 6) is 0.733. The molecule has 1 aromatic rings. The Morgan fingerprint density at radius 2 is 2.06 bits per heavy atom. The molecule has 0 amide bonds. The first kappa shape index (κ1) is 9.86. The smallest absolute Gasteiger partial charge is 0.0538 e. The second-order valence-corrected chi connectivity index (χ2v) is 5.53. The molecule has 3 heterocycles. The van der Waals surface area contributed by atoms with E-state index in [2.05, 4.69) is 52.7 Å². The zero-order valence-corrected chi connectivity index (χ0v) is 9.97. The van der Waals surface area contributed by atoms with Crippen LogP contribution >= 0.6 is 0 Å². The monoisotopic (exact) mass is 226 g/mol. The number of hydrogen-bond donors (Lipinski definition) is 1. The minimum Gasteiger partial charge on any atom is -0.316 e. The van der Waals surface area contributed by atoms with Crippen molar-refractivity contribution in [1.82, 2.24) is 10.2 Å². The van der Waals surface area contributed by atoms with Crippen LogP contribution in [0.5, 0.6) is 0 Å². The van der Waals surface area contributed by atoms with Crippen molar-refractivity contribution in [2.45, 2.75) is 18.0 Å². The van der Waals surface area contributed by atoms with Gasteiger partial charge in [0.15, 0.2) is 0 Å². The topological polar surface area (TPSA) is 15.0 Å². The van der Waals surface area contributed by atoms with Gasteiger partial charge in [-0.2, -0.15) is 0 Å². The summed E-state index contributed by atoms with van der Waals surface area (Å²) in [6.07, 6.45) is 6.16. The summed E-state index contributed by atoms with van der Waals surface area (Å²) >= 11 is 0. The predicted molar refractivity (Wildman–Crippen MR) is 68.7 cm³/mol. The first-order chi connectivity index (χ1) is 8.40. The molecule has 1 unspecified atom stereocenters. The highest BCUT2D eigenvalue weighted by Crippen LogP contribution is 2.53. The zero-order chi connectivity index (χ0) is 11.3. The van der Waals surface area contributed by atoms with Crippen molar-refractivity contribution < 1.29 is 0 Å². The highest BCUT2D eigenvalue weighted by atomic mass is 15.4. The number of piperidine rings is 1. The number of rotatable bonds is 1. The molecule has 0 aromatic heterocycles. The molecule has 2 heteroatoms. The third-order valence-corrected chi connectivity index (χ3v) is 4.70. The summed E-state index contributed by atoms with van der Waals surface area (Å²) in [6.45, 7) is 3.63. The van der Waals surface area contributed by atoms with Crippen LogP contribution in [-0.4, -0.2) is 30.1 Å². The fraction of sp³-hybridized carbons (Fsp3) is 0.467. The lowest BCUT2D eigenvalue weighted by Crippen LogP contribution is -2.45. The summed E-state index contributed by atoms with van der Waals surface area (Å²) < 4.78 is 0. The van der Waals surface area contributed by atoms with Crippen LogP contribution in [0.25, 0.3) is 0 Å². The first-order valence-electron chi connectivity index (χ1n) is 6.61. The molecule has 1 N–H and O–H groups in total. The van der Waals surface area contributed by atoms with E-state index in [0.29, 0.717) is 11.6 Å². The standard InChI is InChI=1S/C15H18N2/c1-2-4-12(5-3-1)14-7-6-13-10-16-9-8-15(13)11-17(14)15/h1-7,13-14,16H,8-11H2/t13-,14+,15+,17?/m1/s1. The van der Waals surface area contributed by atoms with Gasteiger partial charge in [0, 0.05) is 24.5 Å². The van der Waals surface area contributed by atoms with Crippen molar-refractivity contribution in [1.29, 1.82) is 0 Å². The highest BCUT2D eigenvalue weighted by Gasteiger charge is 2.60. The van der Waals surface area contributed by atoms with Crippen LogP contribution in [0.3, 0.4) is 0 Å². The molecule has 0 radical (unpaired) electrons. The summed E-state index contributed by atoms with van der Waals surface area (Å²) in [7, 11) is 0. The van der Waals surface area contributed by atoms with E-state index in [1.165, 1.54) is 25.1 Å². The maximum Gasteiger partial charge on any atom is 0.0538 e. The van der Waals surface area contributed by atoms with E-state index in [1.54, 1.807) is 0 Å². The Kier molecular flexibility index (Phi) is 1.99. The number of hydrogen-bond acceptors (Lipinski definition) is 2. The third kappa shape index (κ3) is 1.34. The van der Waals surface area contributed by atoms with Gasteiger partial charge in [-0.1, -0.05) is 42.5 Å². The molecule has 2 saturated heterocycles. The van der Waals surface area contributed by atoms with Crippen molar-refractivity contribution in [3.8, 4) is 0 Å². The van der Waals surface area contributed by atoms with Crippen molar-refractivity contribution in [2.75, 3.05) is 19.6 Å². The maximum atomic E-state index is 3.51. The summed E-state index contributed by atoms with van der Waals surface area (Å²) in [5.41, 5.74) is 1.94. The van der Waals surface area contributed by atoms with Crippen LogP contribution in [-0.2, 0) is 0 Å². The van der Waals surface area contributed by atoms with Gasteiger partial charge < -0.3 is 5.32 Å². The van der Waals surface area contributed by atoms with Gasteiger partial charge in [0.1, 0.15) is 0 Å². The Morgan fingerprint density at radius 1 is 1.18 bits per heavy atom. The normalized spacial score (nSPS) is 42.7. The predicted octanol–water partition coefficient (Wildman–Crippen LogP) is 1.96. The molecule has 3 aliphatic rings. The molecule has 17 heavy (non-hydrogen) atoms. The molecule has 0 saturated carbocycles. The molecule has 1 spiro atoms. The molecule has 1 aromatic carbocycles. The quantitative estimate of drug-likeness (QED) is 0.581. The van der Waals surface area contributed by atoms with Crippen LogP contribution in [0.15, 0.2) is 42.5 Å². The molecule has 2 nitrogen and oxygen atoms in total. The minimum absolute atomic E-state index is 0.501. The summed E-state index contributed by atoms with van der Waals surface area (Å²) in [4.78, 5) is 2.69. The maximum absolute atomic E-state index is 3.51. The lowest BCUT2D eigenvalue weighted by molar-refractivity contribution is 0.232. The average Bonchev–Trinajstić information content (AvgIpc) is 3.12. The van der Waals surface area contributed by atoms with Gasteiger partial charge in [0.2, 0.25) is 0 Å². The Bertz CT molecular complexity index is 453. The van der Waals surface area contributed by atoms with Gasteiger partial charge in [-0.3, -0.25) is 4.90 Å². The van der Waals surface area contributed by atoms with Gasteiger partial charge in [-0.15, -0.1) is 0 Å². The Morgan fingerprint density at radius 3 is 2.94 bits per heavy atom. The van der Waals surface area contributed by atoms with Gasteiger partial charge in [0.05, 0.1) is 6.04 Å². The molecule has 0 bridgehead atoms. The van der Waals surface area contributed by atoms with Crippen molar-refractivity contribution in [2.24, 2.45) is 5.92 Å². The lowest BCUT2D eigenvalue weighted by Gasteiger charge is -2.36. The fourth-order valence-electron chi connectivity index (χ4n) is 3.66. The highest BCUT2D eigenvalue weighted by molar-refractivity contribution is 5.33. The Balaban J connectivity index is 1.68. The van der Waals surface area contributed by atoms with Gasteiger partial charge >= 0.3 is 0 Å². The van der Waals surface area contributed by atoms with E-state index in [4.69, 9.17) is 0 Å². The molecule has 4 rings (SSSR count). The number of benzene rings is 1. The van der Waals surface area contributed by atoms with Crippen molar-refractivity contribution >= 4 is 0 Å². The van der Waals surface area contributed by atoms with E-state index in [0.717, 1.165) is 12.5 Å². The number of nitrogens with zero attached hydrogens (tertiary/aromatic N) is 1. The largest absolute Gasteiger partial charge is 0.316 e. The van der Waals surface area contributed by atoms with Crippen LogP contribution in [0.4, 0.5) is 0 Å². The van der Waals surface area contributed by atoms with Crippen molar-refractivity contribution in [3.05, 3.63) is 48.0 Å². The van der Waals surface area contributed by atoms with Crippen LogP contribution in [0.1, 0.15) is 18.0 Å². The first-order valence-corrected chi connectivity index (χ1v) is 6.61. The van der Waals surface area contributed by atoms with E-state index in [9.17, 15) is 0 Å². The van der Waals surface area contributed by atoms with Crippen LogP contribution in [0, 0.1) is 5.92 Å². The molecule has 4 atom stereocenters. The molecule has 3 aliphatic heterocycles. The Hall–Kier alpha value is -1.12. The average molecular weight is 226 g/mol. The second-order valence-electron chi connectivity index (χ2n) is 5.53. The molecule has 2 fully saturated rings. The summed E-state index contributed by atoms with van der Waals surface area (Å²) in [6, 6.07) is 11.4. The zero-order valence-electron chi connectivity index (χ0n) is 9.97. The van der Waals surface area contributed by atoms with Crippen LogP contribution < -0.4 is 5.32 Å². The lowest BCUT2D eigenvalue weighted by atomic mass is 9.82. The minimum atomic E-state index is 0.501.